The zero-order valence-electron chi connectivity index (χ0n) is 6.18. The first-order valence-corrected chi connectivity index (χ1v) is 3.15. The van der Waals surface area contributed by atoms with E-state index in [9.17, 15) is 17.6 Å². The number of aromatic nitrogens is 2. The van der Waals surface area contributed by atoms with Crippen LogP contribution in [0.1, 0.15) is 0 Å². The van der Waals surface area contributed by atoms with Gasteiger partial charge in [0.25, 0.3) is 0 Å². The van der Waals surface area contributed by atoms with Crippen LogP contribution in [0.2, 0.25) is 0 Å². The van der Waals surface area contributed by atoms with Gasteiger partial charge in [0.2, 0.25) is 5.95 Å². The maximum absolute atomic E-state index is 12.3. The number of ether oxygens (including phenoxy) is 1. The number of alkyl halides is 3. The van der Waals surface area contributed by atoms with Gasteiger partial charge >= 0.3 is 12.2 Å². The van der Waals surface area contributed by atoms with Gasteiger partial charge in [-0.05, 0) is 0 Å². The van der Waals surface area contributed by atoms with Crippen LogP contribution in [0.15, 0.2) is 12.3 Å². The molecule has 0 bridgehead atoms. The molecule has 0 aliphatic rings. The highest BCUT2D eigenvalue weighted by molar-refractivity contribution is 4.95. The van der Waals surface area contributed by atoms with Gasteiger partial charge in [0, 0.05) is 12.3 Å². The van der Waals surface area contributed by atoms with Gasteiger partial charge in [0.1, 0.15) is 0 Å². The molecule has 3 nitrogen and oxygen atoms in total. The molecule has 0 aromatic carbocycles. The van der Waals surface area contributed by atoms with Gasteiger partial charge in [0.05, 0.1) is 0 Å². The lowest BCUT2D eigenvalue weighted by molar-refractivity contribution is -0.154. The van der Waals surface area contributed by atoms with Crippen molar-refractivity contribution in [3.05, 3.63) is 18.2 Å². The van der Waals surface area contributed by atoms with E-state index in [2.05, 4.69) is 14.7 Å². The van der Waals surface area contributed by atoms with E-state index in [1.54, 1.807) is 0 Å². The molecule has 72 valence electrons. The third kappa shape index (κ3) is 3.68. The summed E-state index contributed by atoms with van der Waals surface area (Å²) >= 11 is 0. The monoisotopic (exact) mass is 196 g/mol. The van der Waals surface area contributed by atoms with Crippen molar-refractivity contribution in [3.63, 3.8) is 0 Å². The van der Waals surface area contributed by atoms with Crippen molar-refractivity contribution < 1.29 is 22.3 Å². The van der Waals surface area contributed by atoms with Crippen LogP contribution in [0.4, 0.5) is 17.6 Å². The van der Waals surface area contributed by atoms with Crippen molar-refractivity contribution in [1.82, 2.24) is 9.97 Å². The Morgan fingerprint density at radius 1 is 1.38 bits per heavy atom. The Balaban J connectivity index is 2.55. The summed E-state index contributed by atoms with van der Waals surface area (Å²) in [4.78, 5) is 6.25. The highest BCUT2D eigenvalue weighted by Crippen LogP contribution is 2.15. The van der Waals surface area contributed by atoms with Crippen LogP contribution >= 0.6 is 0 Å². The summed E-state index contributed by atoms with van der Waals surface area (Å²) in [5, 5.41) is 0. The fraction of sp³-hybridized carbons (Fsp3) is 0.333. The van der Waals surface area contributed by atoms with Gasteiger partial charge < -0.3 is 4.74 Å². The lowest BCUT2D eigenvalue weighted by atomic mass is 10.6. The van der Waals surface area contributed by atoms with E-state index in [1.165, 1.54) is 0 Å². The van der Waals surface area contributed by atoms with Gasteiger partial charge in [-0.25, -0.2) is 4.98 Å². The molecule has 1 aromatic rings. The zero-order valence-corrected chi connectivity index (χ0v) is 6.18. The Bertz CT molecular complexity index is 288. The third-order valence-electron chi connectivity index (χ3n) is 0.964. The van der Waals surface area contributed by atoms with E-state index >= 15 is 0 Å². The lowest BCUT2D eigenvalue weighted by Gasteiger charge is -2.06. The molecule has 0 unspecified atom stereocenters. The first-order chi connectivity index (χ1) is 5.97. The Kier molecular flexibility index (Phi) is 2.64. The van der Waals surface area contributed by atoms with Crippen molar-refractivity contribution >= 4 is 0 Å². The number of rotatable bonds is 2. The Hall–Kier alpha value is -1.40. The summed E-state index contributed by atoms with van der Waals surface area (Å²) in [6.45, 7) is -1.53. The van der Waals surface area contributed by atoms with Gasteiger partial charge in [-0.1, -0.05) is 0 Å². The molecule has 0 fully saturated rings. The van der Waals surface area contributed by atoms with E-state index < -0.39 is 24.7 Å². The third-order valence-corrected chi connectivity index (χ3v) is 0.964. The molecule has 0 saturated carbocycles. The van der Waals surface area contributed by atoms with Gasteiger partial charge in [-0.15, -0.1) is 0 Å². The van der Waals surface area contributed by atoms with Crippen molar-refractivity contribution in [2.45, 2.75) is 6.18 Å². The molecule has 0 spiro atoms. The minimum atomic E-state index is -4.48. The van der Waals surface area contributed by atoms with Crippen molar-refractivity contribution in [1.29, 1.82) is 0 Å². The maximum Gasteiger partial charge on any atom is 0.422 e. The average molecular weight is 196 g/mol. The highest BCUT2D eigenvalue weighted by atomic mass is 19.4. The highest BCUT2D eigenvalue weighted by Gasteiger charge is 2.28. The largest absolute Gasteiger partial charge is 0.454 e. The topological polar surface area (TPSA) is 35.0 Å². The van der Waals surface area contributed by atoms with E-state index in [4.69, 9.17) is 0 Å². The summed E-state index contributed by atoms with van der Waals surface area (Å²) in [5.41, 5.74) is 0. The SMILES string of the molecule is Fc1ccnc(OCC(F)(F)F)n1. The fourth-order valence-electron chi connectivity index (χ4n) is 0.536. The molecule has 1 aromatic heterocycles. The molecule has 0 amide bonds. The van der Waals surface area contributed by atoms with Gasteiger partial charge in [-0.3, -0.25) is 0 Å². The molecule has 0 radical (unpaired) electrons. The standard InChI is InChI=1S/C6H4F4N2O/c7-4-1-2-11-5(12-4)13-3-6(8,9)10/h1-2H,3H2. The molecule has 0 saturated heterocycles. The molecule has 1 heterocycles. The van der Waals surface area contributed by atoms with E-state index in [1.807, 2.05) is 0 Å². The van der Waals surface area contributed by atoms with E-state index in [-0.39, 0.29) is 0 Å². The molecular weight excluding hydrogens is 192 g/mol. The first kappa shape index (κ1) is 9.69. The molecule has 1 rings (SSSR count). The lowest BCUT2D eigenvalue weighted by Crippen LogP contribution is -2.20. The normalized spacial score (nSPS) is 11.4. The molecule has 0 N–H and O–H groups in total. The van der Waals surface area contributed by atoms with Gasteiger partial charge in [0.15, 0.2) is 6.61 Å². The van der Waals surface area contributed by atoms with Crippen molar-refractivity contribution in [2.75, 3.05) is 6.61 Å². The molecule has 0 aliphatic heterocycles. The maximum atomic E-state index is 12.3. The summed E-state index contributed by atoms with van der Waals surface area (Å²) in [6, 6.07) is 0.276. The van der Waals surface area contributed by atoms with Crippen LogP contribution in [0.25, 0.3) is 0 Å². The number of hydrogen-bond acceptors (Lipinski definition) is 3. The Morgan fingerprint density at radius 2 is 2.08 bits per heavy atom. The summed E-state index contributed by atoms with van der Waals surface area (Å²) in [6.07, 6.45) is -3.51. The summed E-state index contributed by atoms with van der Waals surface area (Å²) in [7, 11) is 0. The second-order valence-corrected chi connectivity index (χ2v) is 2.07. The van der Waals surface area contributed by atoms with Gasteiger partial charge in [-0.2, -0.15) is 22.5 Å². The van der Waals surface area contributed by atoms with E-state index in [0.29, 0.717) is 0 Å². The number of nitrogens with zero attached hydrogens (tertiary/aromatic N) is 2. The first-order valence-electron chi connectivity index (χ1n) is 3.15. The molecule has 13 heavy (non-hydrogen) atoms. The van der Waals surface area contributed by atoms with Crippen LogP contribution in [0.3, 0.4) is 0 Å². The van der Waals surface area contributed by atoms with Crippen LogP contribution in [-0.4, -0.2) is 22.8 Å². The second kappa shape index (κ2) is 3.55. The van der Waals surface area contributed by atoms with Crippen LogP contribution in [0.5, 0.6) is 6.01 Å². The van der Waals surface area contributed by atoms with Crippen LogP contribution in [0, 0.1) is 5.95 Å². The Labute approximate surface area is 70.4 Å². The molecular formula is C6H4F4N2O. The van der Waals surface area contributed by atoms with E-state index in [0.717, 1.165) is 12.3 Å². The zero-order chi connectivity index (χ0) is 9.90. The average Bonchev–Trinajstić information content (AvgIpc) is 2.00. The number of halogens is 4. The quantitative estimate of drug-likeness (QED) is 0.531. The predicted octanol–water partition coefficient (Wildman–Crippen LogP) is 1.56. The second-order valence-electron chi connectivity index (χ2n) is 2.07. The molecule has 0 atom stereocenters. The van der Waals surface area contributed by atoms with Crippen molar-refractivity contribution in [2.24, 2.45) is 0 Å². The van der Waals surface area contributed by atoms with Crippen LogP contribution < -0.4 is 4.74 Å². The summed E-state index contributed by atoms with van der Waals surface area (Å²) < 4.78 is 51.0. The summed E-state index contributed by atoms with van der Waals surface area (Å²) in [5.74, 6) is -0.938. The predicted molar refractivity (Wildman–Crippen MR) is 33.5 cm³/mol. The molecule has 0 aliphatic carbocycles. The van der Waals surface area contributed by atoms with Crippen LogP contribution in [-0.2, 0) is 0 Å². The fourth-order valence-corrected chi connectivity index (χ4v) is 0.536. The minimum absolute atomic E-state index is 0.627. The molecule has 7 heteroatoms. The van der Waals surface area contributed by atoms with Crippen molar-refractivity contribution in [3.8, 4) is 6.01 Å². The number of hydrogen-bond donors (Lipinski definition) is 0. The Morgan fingerprint density at radius 3 is 2.62 bits per heavy atom. The minimum Gasteiger partial charge on any atom is -0.454 e. The smallest absolute Gasteiger partial charge is 0.422 e.